The van der Waals surface area contributed by atoms with E-state index in [-0.39, 0.29) is 19.0 Å². The maximum Gasteiger partial charge on any atom is 0.123 e. The Hall–Kier alpha value is -2.19. The van der Waals surface area contributed by atoms with Gasteiger partial charge in [-0.15, -0.1) is 6.42 Å². The number of aryl methyl sites for hydroxylation is 2. The van der Waals surface area contributed by atoms with Crippen molar-refractivity contribution in [1.29, 1.82) is 0 Å². The maximum absolute atomic E-state index is 13.2. The fourth-order valence-electron chi connectivity index (χ4n) is 2.85. The third-order valence-corrected chi connectivity index (χ3v) is 4.18. The van der Waals surface area contributed by atoms with Crippen LogP contribution in [-0.2, 0) is 17.8 Å². The Bertz CT molecular complexity index is 737. The number of rotatable bonds is 9. The molecule has 1 atom stereocenters. The van der Waals surface area contributed by atoms with Gasteiger partial charge in [0.2, 0.25) is 0 Å². The Morgan fingerprint density at radius 2 is 1.88 bits per heavy atom. The monoisotopic (exact) mass is 355 g/mol. The first-order chi connectivity index (χ1) is 12.5. The molecule has 0 spiro atoms. The molecule has 26 heavy (non-hydrogen) atoms. The molecule has 0 heterocycles. The molecule has 0 saturated heterocycles. The summed E-state index contributed by atoms with van der Waals surface area (Å²) in [5.74, 6) is 2.14. The lowest BCUT2D eigenvalue weighted by Crippen LogP contribution is -2.34. The molecule has 3 nitrogen and oxygen atoms in total. The summed E-state index contributed by atoms with van der Waals surface area (Å²) >= 11 is 0. The molecule has 0 aromatic heterocycles. The third kappa shape index (κ3) is 6.61. The minimum absolute atomic E-state index is 0.187. The Morgan fingerprint density at radius 3 is 2.58 bits per heavy atom. The molecule has 0 aliphatic carbocycles. The normalized spacial score (nSPS) is 12.2. The molecule has 0 aliphatic rings. The minimum Gasteiger partial charge on any atom is -0.389 e. The second kappa shape index (κ2) is 10.1. The largest absolute Gasteiger partial charge is 0.389 e. The second-order valence-corrected chi connectivity index (χ2v) is 6.60. The SMILES string of the molecule is C#CCOC[C@@H](O)CN(Cc1ccc(F)cc1)Cc1cc(C)ccc1C. The van der Waals surface area contributed by atoms with E-state index in [0.29, 0.717) is 19.6 Å². The standard InChI is InChI=1S/C22H26FNO2/c1-4-11-26-16-22(25)15-24(13-19-7-9-21(23)10-8-19)14-20-12-17(2)5-6-18(20)3/h1,5-10,12,22,25H,11,13-16H2,2-3H3/t22-/m0/s1. The van der Waals surface area contributed by atoms with Gasteiger partial charge in [0.25, 0.3) is 0 Å². The van der Waals surface area contributed by atoms with Crippen molar-refractivity contribution in [3.63, 3.8) is 0 Å². The van der Waals surface area contributed by atoms with E-state index < -0.39 is 6.10 Å². The quantitative estimate of drug-likeness (QED) is 0.552. The zero-order chi connectivity index (χ0) is 18.9. The molecule has 0 amide bonds. The van der Waals surface area contributed by atoms with E-state index in [1.54, 1.807) is 12.1 Å². The average Bonchev–Trinajstić information content (AvgIpc) is 2.60. The van der Waals surface area contributed by atoms with E-state index in [4.69, 9.17) is 11.2 Å². The minimum atomic E-state index is -0.645. The van der Waals surface area contributed by atoms with Crippen molar-refractivity contribution < 1.29 is 14.2 Å². The van der Waals surface area contributed by atoms with Crippen molar-refractivity contribution in [2.75, 3.05) is 19.8 Å². The highest BCUT2D eigenvalue weighted by Gasteiger charge is 2.14. The fraction of sp³-hybridized carbons (Fsp3) is 0.364. The molecule has 138 valence electrons. The first kappa shape index (κ1) is 20.1. The summed E-state index contributed by atoms with van der Waals surface area (Å²) in [6.07, 6.45) is 4.52. The van der Waals surface area contributed by atoms with E-state index in [1.807, 2.05) is 0 Å². The van der Waals surface area contributed by atoms with Gasteiger partial charge >= 0.3 is 0 Å². The van der Waals surface area contributed by atoms with Gasteiger partial charge < -0.3 is 9.84 Å². The molecule has 2 aromatic carbocycles. The van der Waals surface area contributed by atoms with Crippen LogP contribution in [0.5, 0.6) is 0 Å². The number of ether oxygens (including phenoxy) is 1. The second-order valence-electron chi connectivity index (χ2n) is 6.60. The van der Waals surface area contributed by atoms with Gasteiger partial charge in [-0.1, -0.05) is 41.8 Å². The van der Waals surface area contributed by atoms with Crippen molar-refractivity contribution in [1.82, 2.24) is 4.90 Å². The van der Waals surface area contributed by atoms with Gasteiger partial charge in [-0.2, -0.15) is 0 Å². The molecule has 4 heteroatoms. The van der Waals surface area contributed by atoms with Crippen molar-refractivity contribution in [3.05, 3.63) is 70.5 Å². The molecule has 2 rings (SSSR count). The molecule has 0 unspecified atom stereocenters. The van der Waals surface area contributed by atoms with E-state index >= 15 is 0 Å². The predicted molar refractivity (Wildman–Crippen MR) is 102 cm³/mol. The number of hydrogen-bond acceptors (Lipinski definition) is 3. The summed E-state index contributed by atoms with van der Waals surface area (Å²) in [7, 11) is 0. The summed E-state index contributed by atoms with van der Waals surface area (Å²) in [6.45, 7) is 6.27. The molecule has 0 fully saturated rings. The molecule has 0 bridgehead atoms. The zero-order valence-corrected chi connectivity index (χ0v) is 15.4. The van der Waals surface area contributed by atoms with Gasteiger partial charge in [0.05, 0.1) is 12.7 Å². The van der Waals surface area contributed by atoms with E-state index in [2.05, 4.69) is 42.9 Å². The average molecular weight is 355 g/mol. The van der Waals surface area contributed by atoms with Crippen LogP contribution in [0.1, 0.15) is 22.3 Å². The summed E-state index contributed by atoms with van der Waals surface area (Å²) in [5.41, 5.74) is 4.61. The highest BCUT2D eigenvalue weighted by Crippen LogP contribution is 2.16. The highest BCUT2D eigenvalue weighted by molar-refractivity contribution is 5.30. The van der Waals surface area contributed by atoms with Gasteiger partial charge in [-0.05, 0) is 42.7 Å². The number of nitrogens with zero attached hydrogens (tertiary/aromatic N) is 1. The molecule has 0 saturated carbocycles. The lowest BCUT2D eigenvalue weighted by Gasteiger charge is -2.26. The van der Waals surface area contributed by atoms with Crippen molar-refractivity contribution in [2.24, 2.45) is 0 Å². The van der Waals surface area contributed by atoms with Crippen LogP contribution in [0.15, 0.2) is 42.5 Å². The van der Waals surface area contributed by atoms with Gasteiger partial charge in [-0.3, -0.25) is 4.90 Å². The van der Waals surface area contributed by atoms with Crippen LogP contribution < -0.4 is 0 Å². The van der Waals surface area contributed by atoms with Crippen LogP contribution >= 0.6 is 0 Å². The zero-order valence-electron chi connectivity index (χ0n) is 15.4. The van der Waals surface area contributed by atoms with Crippen molar-refractivity contribution in [2.45, 2.75) is 33.0 Å². The number of halogens is 1. The number of aliphatic hydroxyl groups is 1. The van der Waals surface area contributed by atoms with Gasteiger partial charge in [-0.25, -0.2) is 4.39 Å². The fourth-order valence-corrected chi connectivity index (χ4v) is 2.85. The Kier molecular flexibility index (Phi) is 7.80. The van der Waals surface area contributed by atoms with Crippen LogP contribution in [0.4, 0.5) is 4.39 Å². The van der Waals surface area contributed by atoms with Crippen LogP contribution in [0, 0.1) is 32.0 Å². The van der Waals surface area contributed by atoms with Crippen LogP contribution in [-0.4, -0.2) is 35.9 Å². The van der Waals surface area contributed by atoms with E-state index in [0.717, 1.165) is 5.56 Å². The van der Waals surface area contributed by atoms with Crippen molar-refractivity contribution >= 4 is 0 Å². The topological polar surface area (TPSA) is 32.7 Å². The van der Waals surface area contributed by atoms with Crippen LogP contribution in [0.3, 0.4) is 0 Å². The van der Waals surface area contributed by atoms with E-state index in [1.165, 1.54) is 28.8 Å². The van der Waals surface area contributed by atoms with Gasteiger partial charge in [0.1, 0.15) is 12.4 Å². The van der Waals surface area contributed by atoms with Gasteiger partial charge in [0.15, 0.2) is 0 Å². The molecule has 0 radical (unpaired) electrons. The molecular formula is C22H26FNO2. The lowest BCUT2D eigenvalue weighted by molar-refractivity contribution is 0.0243. The summed E-state index contributed by atoms with van der Waals surface area (Å²) in [6, 6.07) is 12.8. The summed E-state index contributed by atoms with van der Waals surface area (Å²) in [4.78, 5) is 2.14. The summed E-state index contributed by atoms with van der Waals surface area (Å²) in [5, 5.41) is 10.3. The first-order valence-electron chi connectivity index (χ1n) is 8.70. The summed E-state index contributed by atoms with van der Waals surface area (Å²) < 4.78 is 18.4. The lowest BCUT2D eigenvalue weighted by atomic mass is 10.0. The van der Waals surface area contributed by atoms with E-state index in [9.17, 15) is 9.50 Å². The highest BCUT2D eigenvalue weighted by atomic mass is 19.1. The predicted octanol–water partition coefficient (Wildman–Crippen LogP) is 3.46. The number of benzene rings is 2. The third-order valence-electron chi connectivity index (χ3n) is 4.18. The molecular weight excluding hydrogens is 329 g/mol. The maximum atomic E-state index is 13.2. The first-order valence-corrected chi connectivity index (χ1v) is 8.70. The Labute approximate surface area is 155 Å². The molecule has 0 aliphatic heterocycles. The van der Waals surface area contributed by atoms with Crippen LogP contribution in [0.25, 0.3) is 0 Å². The number of hydrogen-bond donors (Lipinski definition) is 1. The Balaban J connectivity index is 2.10. The van der Waals surface area contributed by atoms with Crippen molar-refractivity contribution in [3.8, 4) is 12.3 Å². The van der Waals surface area contributed by atoms with Crippen LogP contribution in [0.2, 0.25) is 0 Å². The Morgan fingerprint density at radius 1 is 1.15 bits per heavy atom. The number of aliphatic hydroxyl groups excluding tert-OH is 1. The van der Waals surface area contributed by atoms with Gasteiger partial charge in [0, 0.05) is 19.6 Å². The molecule has 2 aromatic rings. The smallest absolute Gasteiger partial charge is 0.123 e. The number of terminal acetylenes is 1. The molecule has 1 N–H and O–H groups in total.